The Bertz CT molecular complexity index is 372. The highest BCUT2D eigenvalue weighted by molar-refractivity contribution is 14.1. The number of nitrogens with two attached hydrogens (primary N) is 1. The quantitative estimate of drug-likeness (QED) is 0.805. The van der Waals surface area contributed by atoms with Gasteiger partial charge in [-0.3, -0.25) is 4.79 Å². The van der Waals surface area contributed by atoms with Crippen LogP contribution in [-0.2, 0) is 0 Å². The third-order valence-corrected chi connectivity index (χ3v) is 3.83. The summed E-state index contributed by atoms with van der Waals surface area (Å²) in [5.74, 6) is -0.0573. The van der Waals surface area contributed by atoms with Gasteiger partial charge in [-0.25, -0.2) is 0 Å². The molecule has 4 heteroatoms. The Balaban J connectivity index is 2.58. The predicted molar refractivity (Wildman–Crippen MR) is 79.0 cm³/mol. The van der Waals surface area contributed by atoms with Crippen molar-refractivity contribution in [1.29, 1.82) is 0 Å². The van der Waals surface area contributed by atoms with Gasteiger partial charge >= 0.3 is 0 Å². The first-order valence-corrected chi connectivity index (χ1v) is 6.91. The summed E-state index contributed by atoms with van der Waals surface area (Å²) in [5, 5.41) is 2.89. The summed E-state index contributed by atoms with van der Waals surface area (Å²) in [5.41, 5.74) is 6.52. The van der Waals surface area contributed by atoms with E-state index in [-0.39, 0.29) is 11.4 Å². The van der Waals surface area contributed by atoms with Crippen LogP contribution in [0.5, 0.6) is 0 Å². The molecule has 0 saturated carbocycles. The standard InChI is InChI=1S/C13H19IN2O/c1-3-13(15,4-2)9-16-12(17)10-5-7-11(14)8-6-10/h5-8H,3-4,9,15H2,1-2H3,(H,16,17). The van der Waals surface area contributed by atoms with Crippen LogP contribution in [0, 0.1) is 3.57 Å². The van der Waals surface area contributed by atoms with Crippen molar-refractivity contribution >= 4 is 28.5 Å². The summed E-state index contributed by atoms with van der Waals surface area (Å²) in [4.78, 5) is 11.9. The molecular weight excluding hydrogens is 327 g/mol. The van der Waals surface area contributed by atoms with Crippen LogP contribution in [0.3, 0.4) is 0 Å². The maximum absolute atomic E-state index is 11.9. The maximum Gasteiger partial charge on any atom is 0.251 e. The molecule has 0 heterocycles. The Morgan fingerprint density at radius 1 is 1.29 bits per heavy atom. The van der Waals surface area contributed by atoms with Crippen LogP contribution in [0.4, 0.5) is 0 Å². The second kappa shape index (κ2) is 6.35. The van der Waals surface area contributed by atoms with Crippen molar-refractivity contribution in [3.05, 3.63) is 33.4 Å². The average Bonchev–Trinajstić information content (AvgIpc) is 2.36. The van der Waals surface area contributed by atoms with E-state index in [4.69, 9.17) is 5.73 Å². The van der Waals surface area contributed by atoms with Gasteiger partial charge in [0.1, 0.15) is 0 Å². The SMILES string of the molecule is CCC(N)(CC)CNC(=O)c1ccc(I)cc1. The number of carbonyl (C=O) groups is 1. The topological polar surface area (TPSA) is 55.1 Å². The van der Waals surface area contributed by atoms with Crippen LogP contribution in [0.25, 0.3) is 0 Å². The van der Waals surface area contributed by atoms with Gasteiger partial charge in [0.2, 0.25) is 0 Å². The predicted octanol–water partition coefficient (Wildman–Crippen LogP) is 2.54. The van der Waals surface area contributed by atoms with Crippen molar-refractivity contribution in [3.63, 3.8) is 0 Å². The smallest absolute Gasteiger partial charge is 0.251 e. The van der Waals surface area contributed by atoms with Gasteiger partial charge in [0, 0.05) is 21.2 Å². The van der Waals surface area contributed by atoms with E-state index in [1.54, 1.807) is 0 Å². The van der Waals surface area contributed by atoms with E-state index in [2.05, 4.69) is 27.9 Å². The number of amides is 1. The Kier molecular flexibility index (Phi) is 5.39. The lowest BCUT2D eigenvalue weighted by Crippen LogP contribution is -2.49. The van der Waals surface area contributed by atoms with Gasteiger partial charge in [-0.2, -0.15) is 0 Å². The normalized spacial score (nSPS) is 11.3. The highest BCUT2D eigenvalue weighted by atomic mass is 127. The fourth-order valence-electron chi connectivity index (χ4n) is 1.46. The summed E-state index contributed by atoms with van der Waals surface area (Å²) >= 11 is 2.21. The summed E-state index contributed by atoms with van der Waals surface area (Å²) < 4.78 is 1.12. The number of nitrogens with one attached hydrogen (secondary N) is 1. The van der Waals surface area contributed by atoms with Crippen LogP contribution in [0.1, 0.15) is 37.0 Å². The molecule has 1 aromatic carbocycles. The van der Waals surface area contributed by atoms with Gasteiger partial charge in [-0.1, -0.05) is 13.8 Å². The van der Waals surface area contributed by atoms with Crippen molar-refractivity contribution in [1.82, 2.24) is 5.32 Å². The van der Waals surface area contributed by atoms with Crippen LogP contribution < -0.4 is 11.1 Å². The molecular formula is C13H19IN2O. The molecule has 0 aromatic heterocycles. The van der Waals surface area contributed by atoms with Crippen molar-refractivity contribution in [2.24, 2.45) is 5.73 Å². The number of hydrogen-bond acceptors (Lipinski definition) is 2. The molecule has 1 amide bonds. The Morgan fingerprint density at radius 3 is 2.29 bits per heavy atom. The van der Waals surface area contributed by atoms with E-state index in [9.17, 15) is 4.79 Å². The Labute approximate surface area is 116 Å². The molecule has 3 nitrogen and oxygen atoms in total. The first-order valence-electron chi connectivity index (χ1n) is 5.83. The molecule has 0 aliphatic heterocycles. The van der Waals surface area contributed by atoms with Crippen molar-refractivity contribution in [2.45, 2.75) is 32.2 Å². The third-order valence-electron chi connectivity index (χ3n) is 3.12. The minimum Gasteiger partial charge on any atom is -0.350 e. The molecule has 94 valence electrons. The minimum atomic E-state index is -0.293. The minimum absolute atomic E-state index is 0.0573. The molecule has 0 fully saturated rings. The molecule has 0 aliphatic carbocycles. The van der Waals surface area contributed by atoms with Crippen LogP contribution >= 0.6 is 22.6 Å². The summed E-state index contributed by atoms with van der Waals surface area (Å²) in [6.07, 6.45) is 1.72. The van der Waals surface area contributed by atoms with Gasteiger partial charge in [0.15, 0.2) is 0 Å². The highest BCUT2D eigenvalue weighted by Gasteiger charge is 2.21. The number of hydrogen-bond donors (Lipinski definition) is 2. The second-order valence-electron chi connectivity index (χ2n) is 4.26. The fraction of sp³-hybridized carbons (Fsp3) is 0.462. The number of halogens is 1. The molecule has 1 aromatic rings. The molecule has 0 aliphatic rings. The van der Waals surface area contributed by atoms with Crippen LogP contribution in [0.15, 0.2) is 24.3 Å². The zero-order valence-electron chi connectivity index (χ0n) is 10.3. The average molecular weight is 346 g/mol. The van der Waals surface area contributed by atoms with E-state index in [0.717, 1.165) is 16.4 Å². The number of rotatable bonds is 5. The Morgan fingerprint density at radius 2 is 1.82 bits per heavy atom. The van der Waals surface area contributed by atoms with E-state index >= 15 is 0 Å². The van der Waals surface area contributed by atoms with Gasteiger partial charge in [-0.15, -0.1) is 0 Å². The largest absolute Gasteiger partial charge is 0.350 e. The van der Waals surface area contributed by atoms with Crippen molar-refractivity contribution < 1.29 is 4.79 Å². The van der Waals surface area contributed by atoms with Crippen LogP contribution in [0.2, 0.25) is 0 Å². The lowest BCUT2D eigenvalue weighted by Gasteiger charge is -2.26. The molecule has 3 N–H and O–H groups in total. The zero-order chi connectivity index (χ0) is 12.9. The molecule has 0 unspecified atom stereocenters. The van der Waals surface area contributed by atoms with E-state index in [1.807, 2.05) is 38.1 Å². The monoisotopic (exact) mass is 346 g/mol. The van der Waals surface area contributed by atoms with Gasteiger partial charge < -0.3 is 11.1 Å². The van der Waals surface area contributed by atoms with Gasteiger partial charge in [0.05, 0.1) is 0 Å². The first kappa shape index (κ1) is 14.4. The van der Waals surface area contributed by atoms with Gasteiger partial charge in [0.25, 0.3) is 5.91 Å². The van der Waals surface area contributed by atoms with Gasteiger partial charge in [-0.05, 0) is 59.7 Å². The summed E-state index contributed by atoms with van der Waals surface area (Å²) in [6.45, 7) is 4.60. The third kappa shape index (κ3) is 4.27. The lowest BCUT2D eigenvalue weighted by molar-refractivity contribution is 0.0942. The molecule has 0 radical (unpaired) electrons. The molecule has 17 heavy (non-hydrogen) atoms. The Hall–Kier alpha value is -0.620. The molecule has 0 spiro atoms. The maximum atomic E-state index is 11.9. The highest BCUT2D eigenvalue weighted by Crippen LogP contribution is 2.10. The summed E-state index contributed by atoms with van der Waals surface area (Å²) in [6, 6.07) is 7.50. The molecule has 0 saturated heterocycles. The van der Waals surface area contributed by atoms with Crippen molar-refractivity contribution in [3.8, 4) is 0 Å². The van der Waals surface area contributed by atoms with Crippen molar-refractivity contribution in [2.75, 3.05) is 6.54 Å². The number of carbonyl (C=O) groups excluding carboxylic acids is 1. The van der Waals surface area contributed by atoms with E-state index < -0.39 is 0 Å². The summed E-state index contributed by atoms with van der Waals surface area (Å²) in [7, 11) is 0. The lowest BCUT2D eigenvalue weighted by atomic mass is 9.94. The molecule has 1 rings (SSSR count). The van der Waals surface area contributed by atoms with E-state index in [0.29, 0.717) is 12.1 Å². The number of benzene rings is 1. The fourth-order valence-corrected chi connectivity index (χ4v) is 1.82. The first-order chi connectivity index (χ1) is 8.00. The van der Waals surface area contributed by atoms with E-state index in [1.165, 1.54) is 0 Å². The zero-order valence-corrected chi connectivity index (χ0v) is 12.5. The molecule has 0 atom stereocenters. The van der Waals surface area contributed by atoms with Crippen LogP contribution in [-0.4, -0.2) is 18.0 Å². The molecule has 0 bridgehead atoms. The second-order valence-corrected chi connectivity index (χ2v) is 5.50.